The van der Waals surface area contributed by atoms with E-state index in [0.29, 0.717) is 29.0 Å². The van der Waals surface area contributed by atoms with Crippen molar-refractivity contribution >= 4 is 34.6 Å². The number of nitrogens with zero attached hydrogens (tertiary/aromatic N) is 6. The smallest absolute Gasteiger partial charge is 0.247 e. The fraction of sp³-hybridized carbons (Fsp3) is 0.472. The Kier molecular flexibility index (Phi) is 10.1. The van der Waals surface area contributed by atoms with Crippen LogP contribution in [-0.2, 0) is 9.63 Å². The molecule has 4 aliphatic rings. The molecule has 50 heavy (non-hydrogen) atoms. The number of carbonyl (C=O) groups excluding carboxylic acids is 1. The van der Waals surface area contributed by atoms with Crippen molar-refractivity contribution in [2.75, 3.05) is 73.6 Å². The van der Waals surface area contributed by atoms with Crippen molar-refractivity contribution < 1.29 is 27.5 Å². The molecule has 3 aromatic rings. The number of aromatic nitrogens is 2. The first-order valence-corrected chi connectivity index (χ1v) is 17.4. The van der Waals surface area contributed by atoms with Crippen molar-refractivity contribution in [1.82, 2.24) is 19.8 Å². The molecule has 0 spiro atoms. The van der Waals surface area contributed by atoms with Crippen LogP contribution in [0, 0.1) is 17.5 Å². The van der Waals surface area contributed by atoms with E-state index in [1.54, 1.807) is 19.2 Å². The van der Waals surface area contributed by atoms with Crippen molar-refractivity contribution in [3.05, 3.63) is 72.3 Å². The van der Waals surface area contributed by atoms with Gasteiger partial charge < -0.3 is 20.3 Å². The Morgan fingerprint density at radius 1 is 0.920 bits per heavy atom. The Labute approximate surface area is 290 Å². The van der Waals surface area contributed by atoms with Gasteiger partial charge in [-0.25, -0.2) is 28.2 Å². The third kappa shape index (κ3) is 6.96. The summed E-state index contributed by atoms with van der Waals surface area (Å²) < 4.78 is 49.3. The summed E-state index contributed by atoms with van der Waals surface area (Å²) in [5.41, 5.74) is 1.51. The fourth-order valence-electron chi connectivity index (χ4n) is 7.55. The van der Waals surface area contributed by atoms with Gasteiger partial charge in [0.2, 0.25) is 5.91 Å². The minimum absolute atomic E-state index is 0.156. The van der Waals surface area contributed by atoms with Gasteiger partial charge in [0.25, 0.3) is 0 Å². The molecule has 0 bridgehead atoms. The molecule has 4 heterocycles. The minimum atomic E-state index is -1.26. The van der Waals surface area contributed by atoms with E-state index in [1.165, 1.54) is 36.7 Å². The summed E-state index contributed by atoms with van der Waals surface area (Å²) >= 11 is 0. The molecule has 266 valence electrons. The van der Waals surface area contributed by atoms with Gasteiger partial charge in [0.1, 0.15) is 23.7 Å². The van der Waals surface area contributed by atoms with Gasteiger partial charge in [-0.05, 0) is 50.0 Å². The molecule has 1 amide bonds. The Balaban J connectivity index is 1.08. The number of benzene rings is 2. The van der Waals surface area contributed by atoms with Crippen molar-refractivity contribution in [3.63, 3.8) is 0 Å². The summed E-state index contributed by atoms with van der Waals surface area (Å²) in [5, 5.41) is 7.46. The number of halogens is 3. The van der Waals surface area contributed by atoms with E-state index < -0.39 is 29.1 Å². The number of piperazine rings is 1. The van der Waals surface area contributed by atoms with Gasteiger partial charge in [-0.15, -0.1) is 0 Å². The maximum absolute atomic E-state index is 14.7. The number of amides is 1. The van der Waals surface area contributed by atoms with Gasteiger partial charge >= 0.3 is 0 Å². The van der Waals surface area contributed by atoms with Crippen LogP contribution in [0.1, 0.15) is 50.1 Å². The van der Waals surface area contributed by atoms with Gasteiger partial charge in [-0.1, -0.05) is 13.0 Å². The van der Waals surface area contributed by atoms with E-state index in [4.69, 9.17) is 9.57 Å². The summed E-state index contributed by atoms with van der Waals surface area (Å²) in [6.07, 6.45) is 8.83. The fourth-order valence-corrected chi connectivity index (χ4v) is 7.55. The third-order valence-corrected chi connectivity index (χ3v) is 10.5. The maximum Gasteiger partial charge on any atom is 0.247 e. The van der Waals surface area contributed by atoms with Crippen LogP contribution < -0.4 is 25.3 Å². The van der Waals surface area contributed by atoms with Gasteiger partial charge in [-0.3, -0.25) is 19.4 Å². The summed E-state index contributed by atoms with van der Waals surface area (Å²) in [6, 6.07) is 7.28. The zero-order chi connectivity index (χ0) is 34.8. The Morgan fingerprint density at radius 3 is 2.28 bits per heavy atom. The van der Waals surface area contributed by atoms with E-state index in [1.807, 2.05) is 6.07 Å². The highest BCUT2D eigenvalue weighted by Gasteiger charge is 2.35. The Bertz CT molecular complexity index is 1710. The lowest BCUT2D eigenvalue weighted by Gasteiger charge is -2.46. The molecule has 1 atom stereocenters. The monoisotopic (exact) mass is 692 g/mol. The molecule has 4 fully saturated rings. The summed E-state index contributed by atoms with van der Waals surface area (Å²) in [4.78, 5) is 34.5. The predicted octanol–water partition coefficient (Wildman–Crippen LogP) is 5.79. The molecule has 3 aliphatic heterocycles. The van der Waals surface area contributed by atoms with Gasteiger partial charge in [0, 0.05) is 69.9 Å². The molecule has 14 heteroatoms. The first kappa shape index (κ1) is 34.1. The number of methoxy groups -OCH3 is 1. The van der Waals surface area contributed by atoms with E-state index in [0.717, 1.165) is 76.0 Å². The molecule has 1 aliphatic carbocycles. The SMILES string of the molecule is C=CC(=O)Nc1cc(Nc2cc(N3OCC[C@@H]3c3c(F)ccc(F)c3F)ncn2)c(OC)cc1N1CCC(N2CCN(C3CCC3)CC2)CC1. The highest BCUT2D eigenvalue weighted by Crippen LogP contribution is 2.41. The lowest BCUT2D eigenvalue weighted by molar-refractivity contribution is -0.111. The Hall–Kier alpha value is -4.40. The second kappa shape index (κ2) is 14.8. The standard InChI is InChI=1S/C36H43F3N8O3/c1-3-34(48)43-27-19-28(42-32-21-33(41-22-40-32)47-29(11-18-50-47)35-25(37)7-8-26(38)36(35)39)31(49-2)20-30(27)46-12-9-24(10-13-46)45-16-14-44(15-17-45)23-5-4-6-23/h3,7-8,19-24,29H,1,4-6,9-18H2,2H3,(H,43,48)(H,40,41,42)/t29-/m1/s1. The molecule has 3 saturated heterocycles. The molecule has 0 unspecified atom stereocenters. The van der Waals surface area contributed by atoms with Gasteiger partial charge in [-0.2, -0.15) is 0 Å². The van der Waals surface area contributed by atoms with E-state index in [2.05, 4.69) is 41.9 Å². The number of hydrogen-bond donors (Lipinski definition) is 2. The Morgan fingerprint density at radius 2 is 1.62 bits per heavy atom. The highest BCUT2D eigenvalue weighted by atomic mass is 19.2. The molecule has 0 radical (unpaired) electrons. The summed E-state index contributed by atoms with van der Waals surface area (Å²) in [6.45, 7) is 9.98. The molecule has 1 aromatic heterocycles. The van der Waals surface area contributed by atoms with Crippen molar-refractivity contribution in [3.8, 4) is 5.75 Å². The molecule has 7 rings (SSSR count). The summed E-state index contributed by atoms with van der Waals surface area (Å²) in [7, 11) is 1.57. The van der Waals surface area contributed by atoms with Crippen LogP contribution in [0.15, 0.2) is 49.3 Å². The number of hydroxylamine groups is 1. The van der Waals surface area contributed by atoms with E-state index in [-0.39, 0.29) is 24.8 Å². The van der Waals surface area contributed by atoms with Crippen LogP contribution in [0.5, 0.6) is 5.75 Å². The van der Waals surface area contributed by atoms with E-state index >= 15 is 0 Å². The quantitative estimate of drug-likeness (QED) is 0.201. The second-order valence-corrected chi connectivity index (χ2v) is 13.2. The molecular weight excluding hydrogens is 649 g/mol. The van der Waals surface area contributed by atoms with E-state index in [9.17, 15) is 18.0 Å². The second-order valence-electron chi connectivity index (χ2n) is 13.2. The molecular formula is C36H43F3N8O3. The van der Waals surface area contributed by atoms with Gasteiger partial charge in [0.15, 0.2) is 17.5 Å². The van der Waals surface area contributed by atoms with Crippen LogP contribution in [0.3, 0.4) is 0 Å². The average molecular weight is 693 g/mol. The number of ether oxygens (including phenoxy) is 1. The molecule has 2 aromatic carbocycles. The number of carbonyl (C=O) groups is 1. The third-order valence-electron chi connectivity index (χ3n) is 10.5. The topological polar surface area (TPSA) is 98.3 Å². The predicted molar refractivity (Wildman–Crippen MR) is 185 cm³/mol. The number of hydrogen-bond acceptors (Lipinski definition) is 10. The first-order valence-electron chi connectivity index (χ1n) is 17.4. The molecule has 1 saturated carbocycles. The van der Waals surface area contributed by atoms with Crippen molar-refractivity contribution in [1.29, 1.82) is 0 Å². The maximum atomic E-state index is 14.7. The van der Waals surface area contributed by atoms with Gasteiger partial charge in [0.05, 0.1) is 42.4 Å². The largest absolute Gasteiger partial charge is 0.494 e. The van der Waals surface area contributed by atoms with Crippen LogP contribution in [0.4, 0.5) is 41.9 Å². The highest BCUT2D eigenvalue weighted by molar-refractivity contribution is 6.02. The lowest BCUT2D eigenvalue weighted by Crippen LogP contribution is -2.56. The average Bonchev–Trinajstić information content (AvgIpc) is 3.59. The van der Waals surface area contributed by atoms with Crippen molar-refractivity contribution in [2.24, 2.45) is 0 Å². The lowest BCUT2D eigenvalue weighted by atomic mass is 9.91. The zero-order valence-corrected chi connectivity index (χ0v) is 28.2. The molecule has 11 nitrogen and oxygen atoms in total. The van der Waals surface area contributed by atoms with Crippen LogP contribution in [0.25, 0.3) is 0 Å². The number of rotatable bonds is 10. The zero-order valence-electron chi connectivity index (χ0n) is 28.2. The van der Waals surface area contributed by atoms with Crippen LogP contribution in [-0.4, -0.2) is 90.7 Å². The molecule has 2 N–H and O–H groups in total. The number of nitrogens with one attached hydrogen (secondary N) is 2. The van der Waals surface area contributed by atoms with Crippen LogP contribution >= 0.6 is 0 Å². The summed E-state index contributed by atoms with van der Waals surface area (Å²) in [5.74, 6) is -2.56. The van der Waals surface area contributed by atoms with Crippen molar-refractivity contribution in [2.45, 2.75) is 56.7 Å². The van der Waals surface area contributed by atoms with Crippen LogP contribution in [0.2, 0.25) is 0 Å². The minimum Gasteiger partial charge on any atom is -0.494 e. The first-order chi connectivity index (χ1) is 24.3. The number of anilines is 5. The normalized spacial score (nSPS) is 20.8. The number of piperidine rings is 1.